The van der Waals surface area contributed by atoms with E-state index in [-0.39, 0.29) is 50.6 Å². The minimum Gasteiger partial charge on any atom is -0.548 e. The number of para-hydroxylation sites is 2. The molecule has 2 atom stereocenters. The third kappa shape index (κ3) is 9.10. The summed E-state index contributed by atoms with van der Waals surface area (Å²) in [6.45, 7) is 0. The summed E-state index contributed by atoms with van der Waals surface area (Å²) in [5.41, 5.74) is 4.32. The number of aromatic nitrogens is 2. The first kappa shape index (κ1) is 35.0. The number of rotatable bonds is 10. The monoisotopic (exact) mass is 654 g/mol. The smallest absolute Gasteiger partial charge is 0.548 e. The van der Waals surface area contributed by atoms with Crippen LogP contribution in [0.1, 0.15) is 31.8 Å². The van der Waals surface area contributed by atoms with Crippen molar-refractivity contribution >= 4 is 83.3 Å². The van der Waals surface area contributed by atoms with E-state index in [1.165, 1.54) is 0 Å². The number of amides is 2. The summed E-state index contributed by atoms with van der Waals surface area (Å²) in [6.07, 6.45) is 3.83. The predicted octanol–water partition coefficient (Wildman–Crippen LogP) is 2.14. The second-order valence-electron chi connectivity index (χ2n) is 10.5. The van der Waals surface area contributed by atoms with Crippen molar-refractivity contribution in [2.45, 2.75) is 24.9 Å². The molecule has 0 aliphatic rings. The number of nitrogens with one attached hydrogen (secondary N) is 4. The fourth-order valence-electron chi connectivity index (χ4n) is 5.09. The van der Waals surface area contributed by atoms with Crippen molar-refractivity contribution in [2.75, 3.05) is 0 Å². The number of fused-ring (bicyclic) bond motifs is 2. The molecule has 0 fully saturated rings. The minimum absolute atomic E-state index is 0. The van der Waals surface area contributed by atoms with Gasteiger partial charge in [0.2, 0.25) is 0 Å². The maximum absolute atomic E-state index is 12.1. The summed E-state index contributed by atoms with van der Waals surface area (Å²) in [5.74, 6) is -3.47. The quantitative estimate of drug-likeness (QED) is 0.165. The van der Waals surface area contributed by atoms with Crippen LogP contribution >= 0.6 is 0 Å². The number of carboxylic acids is 2. The number of carboxylic acid groups (broad SMARTS) is 2. The van der Waals surface area contributed by atoms with Crippen LogP contribution in [0.5, 0.6) is 0 Å². The van der Waals surface area contributed by atoms with Crippen LogP contribution in [-0.2, 0) is 22.4 Å². The molecule has 2 amide bonds. The van der Waals surface area contributed by atoms with Crippen LogP contribution in [0.3, 0.4) is 0 Å². The first-order valence-corrected chi connectivity index (χ1v) is 14.5. The van der Waals surface area contributed by atoms with Gasteiger partial charge in [-0.15, -0.1) is 0 Å². The largest absolute Gasteiger partial charge is 2.00 e. The summed E-state index contributed by atoms with van der Waals surface area (Å²) in [4.78, 5) is 53.3. The van der Waals surface area contributed by atoms with Crippen LogP contribution in [0, 0.1) is 0 Å². The fraction of sp³-hybridized carbons (Fsp3) is 0.111. The van der Waals surface area contributed by atoms with E-state index in [1.807, 2.05) is 48.5 Å². The number of carbonyl (C=O) groups excluding carboxylic acids is 4. The van der Waals surface area contributed by atoms with Crippen LogP contribution in [0.15, 0.2) is 122 Å². The molecule has 4 N–H and O–H groups in total. The van der Waals surface area contributed by atoms with E-state index >= 15 is 0 Å². The zero-order chi connectivity index (χ0) is 32.5. The van der Waals surface area contributed by atoms with Gasteiger partial charge in [-0.3, -0.25) is 9.59 Å². The molecule has 10 nitrogen and oxygen atoms in total. The van der Waals surface area contributed by atoms with Crippen molar-refractivity contribution in [3.8, 4) is 0 Å². The van der Waals surface area contributed by atoms with Crippen molar-refractivity contribution in [1.29, 1.82) is 0 Å². The maximum Gasteiger partial charge on any atom is 2.00 e. The first-order chi connectivity index (χ1) is 22.3. The molecule has 0 spiro atoms. The van der Waals surface area contributed by atoms with E-state index in [0.29, 0.717) is 11.1 Å². The Balaban J connectivity index is 0.000000208. The molecule has 6 aromatic rings. The Hall–Kier alpha value is -4.90. The third-order valence-corrected chi connectivity index (χ3v) is 7.45. The van der Waals surface area contributed by atoms with E-state index in [9.17, 15) is 29.4 Å². The molecule has 0 unspecified atom stereocenters. The molecule has 0 bridgehead atoms. The average molecular weight is 655 g/mol. The van der Waals surface area contributed by atoms with Gasteiger partial charge in [-0.2, -0.15) is 0 Å². The summed E-state index contributed by atoms with van der Waals surface area (Å²) in [5, 5.41) is 29.7. The molecule has 11 heteroatoms. The topological polar surface area (TPSA) is 170 Å². The molecule has 0 saturated carbocycles. The number of hydrogen-bond donors (Lipinski definition) is 4. The van der Waals surface area contributed by atoms with E-state index in [1.54, 1.807) is 73.1 Å². The van der Waals surface area contributed by atoms with Gasteiger partial charge in [0, 0.05) is 58.2 Å². The minimum atomic E-state index is -1.31. The SMILES string of the molecule is O=C(N[C@@H](Cc1c[nH]c2ccccc12)C(=O)[O-])c1ccccc1.O=C(N[C@@H](Cc1c[nH]c2ccccc12)C(=O)[O-])c1ccccc1.[Ca+2]. The zero-order valence-electron chi connectivity index (χ0n) is 25.3. The molecule has 0 aliphatic heterocycles. The molecule has 6 rings (SSSR count). The zero-order valence-corrected chi connectivity index (χ0v) is 27.5. The Labute approximate surface area is 300 Å². The molecule has 4 aromatic carbocycles. The Bertz CT molecular complexity index is 1830. The van der Waals surface area contributed by atoms with Crippen molar-refractivity contribution in [3.63, 3.8) is 0 Å². The van der Waals surface area contributed by atoms with Gasteiger partial charge in [-0.1, -0.05) is 72.8 Å². The first-order valence-electron chi connectivity index (χ1n) is 14.5. The molecule has 2 aromatic heterocycles. The van der Waals surface area contributed by atoms with Crippen LogP contribution in [0.2, 0.25) is 0 Å². The van der Waals surface area contributed by atoms with Gasteiger partial charge < -0.3 is 40.4 Å². The summed E-state index contributed by atoms with van der Waals surface area (Å²) in [6, 6.07) is 30.0. The molecule has 0 aliphatic carbocycles. The van der Waals surface area contributed by atoms with E-state index < -0.39 is 35.8 Å². The predicted molar refractivity (Wildman–Crippen MR) is 175 cm³/mol. The molecular formula is C36H30CaN4O6. The summed E-state index contributed by atoms with van der Waals surface area (Å²) >= 11 is 0. The summed E-state index contributed by atoms with van der Waals surface area (Å²) < 4.78 is 0. The number of hydrogen-bond acceptors (Lipinski definition) is 6. The Morgan fingerprint density at radius 2 is 0.872 bits per heavy atom. The van der Waals surface area contributed by atoms with Crippen LogP contribution < -0.4 is 20.8 Å². The van der Waals surface area contributed by atoms with Gasteiger partial charge >= 0.3 is 37.7 Å². The normalized spacial score (nSPS) is 11.7. The van der Waals surface area contributed by atoms with Crippen LogP contribution in [0.25, 0.3) is 21.8 Å². The Morgan fingerprint density at radius 1 is 0.532 bits per heavy atom. The molecule has 2 heterocycles. The number of aliphatic carboxylic acids is 2. The standard InChI is InChI=1S/2C18H16N2O3.Ca/c2*21-17(12-6-2-1-3-7-12)20-16(18(22)23)10-13-11-19-15-9-5-4-8-14(13)15;/h2*1-9,11,16,19H,10H2,(H,20,21)(H,22,23);/q;;+2/p-2/t2*16-;/m00./s1. The third-order valence-electron chi connectivity index (χ3n) is 7.45. The molecule has 0 radical (unpaired) electrons. The number of H-pyrrole nitrogens is 2. The van der Waals surface area contributed by atoms with Crippen LogP contribution in [0.4, 0.5) is 0 Å². The molecule has 47 heavy (non-hydrogen) atoms. The average Bonchev–Trinajstić information content (AvgIpc) is 3.69. The van der Waals surface area contributed by atoms with E-state index in [0.717, 1.165) is 32.9 Å². The summed E-state index contributed by atoms with van der Waals surface area (Å²) in [7, 11) is 0. The van der Waals surface area contributed by atoms with Gasteiger partial charge in [-0.25, -0.2) is 0 Å². The maximum atomic E-state index is 12.1. The van der Waals surface area contributed by atoms with Gasteiger partial charge in [0.1, 0.15) is 0 Å². The second kappa shape index (κ2) is 16.6. The van der Waals surface area contributed by atoms with Gasteiger partial charge in [-0.05, 0) is 47.5 Å². The van der Waals surface area contributed by atoms with Crippen molar-refractivity contribution in [3.05, 3.63) is 144 Å². The van der Waals surface area contributed by atoms with Crippen molar-refractivity contribution in [2.24, 2.45) is 0 Å². The van der Waals surface area contributed by atoms with Gasteiger partial charge in [0.25, 0.3) is 11.8 Å². The molecular weight excluding hydrogens is 624 g/mol. The molecule has 0 saturated heterocycles. The van der Waals surface area contributed by atoms with E-state index in [2.05, 4.69) is 20.6 Å². The molecule has 232 valence electrons. The van der Waals surface area contributed by atoms with Gasteiger partial charge in [0.15, 0.2) is 0 Å². The number of aromatic amines is 2. The number of benzene rings is 4. The van der Waals surface area contributed by atoms with E-state index in [4.69, 9.17) is 0 Å². The van der Waals surface area contributed by atoms with Crippen molar-refractivity contribution in [1.82, 2.24) is 20.6 Å². The number of carbonyl (C=O) groups is 4. The Kier molecular flexibility index (Phi) is 12.3. The van der Waals surface area contributed by atoms with Crippen LogP contribution in [-0.4, -0.2) is 83.5 Å². The van der Waals surface area contributed by atoms with Gasteiger partial charge in [0.05, 0.1) is 24.0 Å². The Morgan fingerprint density at radius 3 is 1.23 bits per heavy atom. The second-order valence-corrected chi connectivity index (χ2v) is 10.5. The fourth-order valence-corrected chi connectivity index (χ4v) is 5.09. The van der Waals surface area contributed by atoms with Crippen molar-refractivity contribution < 1.29 is 29.4 Å².